The molecule has 1 fully saturated rings. The minimum absolute atomic E-state index is 0. The Bertz CT molecular complexity index is 724. The summed E-state index contributed by atoms with van der Waals surface area (Å²) in [5.74, 6) is -0.275. The van der Waals surface area contributed by atoms with E-state index in [1.54, 1.807) is 13.8 Å². The summed E-state index contributed by atoms with van der Waals surface area (Å²) in [7, 11) is -4.58. The average Bonchev–Trinajstić information content (AvgIpc) is 2.53. The largest absolute Gasteiger partial charge is 0.612 e. The molecule has 1 saturated heterocycles. The molecule has 0 spiro atoms. The Hall–Kier alpha value is -0.970. The van der Waals surface area contributed by atoms with Crippen LogP contribution in [0.15, 0.2) is 28.0 Å². The highest BCUT2D eigenvalue weighted by atomic mass is 32.2. The monoisotopic (exact) mass is 391 g/mol. The van der Waals surface area contributed by atoms with Gasteiger partial charge in [0, 0.05) is 18.7 Å². The van der Waals surface area contributed by atoms with Crippen LogP contribution in [0.25, 0.3) is 0 Å². The molecule has 1 N–H and O–H groups in total. The Morgan fingerprint density at radius 3 is 2.36 bits per heavy atom. The summed E-state index contributed by atoms with van der Waals surface area (Å²) in [6, 6.07) is 3.84. The molecule has 7 nitrogen and oxygen atoms in total. The summed E-state index contributed by atoms with van der Waals surface area (Å²) in [5, 5.41) is 0. The summed E-state index contributed by atoms with van der Waals surface area (Å²) in [5.41, 5.74) is -0.707. The number of ketones is 1. The molecule has 25 heavy (non-hydrogen) atoms. The van der Waals surface area contributed by atoms with Crippen LogP contribution in [-0.4, -0.2) is 66.3 Å². The summed E-state index contributed by atoms with van der Waals surface area (Å²) in [6.45, 7) is 5.78. The predicted octanol–water partition coefficient (Wildman–Crippen LogP) is 1.60. The Balaban J connectivity index is 0.00000312. The van der Waals surface area contributed by atoms with Gasteiger partial charge in [0.05, 0.1) is 18.8 Å². The molecule has 1 heterocycles. The van der Waals surface area contributed by atoms with E-state index in [1.165, 1.54) is 18.4 Å². The van der Waals surface area contributed by atoms with Crippen LogP contribution in [0.4, 0.5) is 0 Å². The molecule has 1 aromatic rings. The molecule has 2 rings (SSSR count). The van der Waals surface area contributed by atoms with Gasteiger partial charge in [-0.3, -0.25) is 14.2 Å². The number of morpholine rings is 1. The third-order valence-corrected chi connectivity index (χ3v) is 6.15. The zero-order valence-corrected chi connectivity index (χ0v) is 15.4. The van der Waals surface area contributed by atoms with Crippen LogP contribution in [0.5, 0.6) is 0 Å². The van der Waals surface area contributed by atoms with Gasteiger partial charge < -0.3 is 9.29 Å². The fourth-order valence-corrected chi connectivity index (χ4v) is 4.58. The topological polar surface area (TPSA) is 107 Å². The quantitative estimate of drug-likeness (QED) is 0.461. The lowest BCUT2D eigenvalue weighted by Gasteiger charge is -2.39. The van der Waals surface area contributed by atoms with Gasteiger partial charge in [0.15, 0.2) is 10.7 Å². The summed E-state index contributed by atoms with van der Waals surface area (Å²) in [6.07, 6.45) is 1.31. The highest BCUT2D eigenvalue weighted by Gasteiger charge is 2.37. The Labute approximate surface area is 152 Å². The van der Waals surface area contributed by atoms with Gasteiger partial charge >= 0.3 is 0 Å². The van der Waals surface area contributed by atoms with Crippen molar-refractivity contribution < 1.29 is 27.1 Å². The molecule has 0 bridgehead atoms. The lowest BCUT2D eigenvalue weighted by Crippen LogP contribution is -2.54. The van der Waals surface area contributed by atoms with Crippen molar-refractivity contribution >= 4 is 27.1 Å². The van der Waals surface area contributed by atoms with Crippen LogP contribution in [0.2, 0.25) is 0 Å². The Kier molecular flexibility index (Phi) is 7.20. The van der Waals surface area contributed by atoms with E-state index in [-0.39, 0.29) is 23.7 Å². The van der Waals surface area contributed by atoms with E-state index >= 15 is 0 Å². The van der Waals surface area contributed by atoms with Gasteiger partial charge in [-0.15, -0.1) is 0 Å². The van der Waals surface area contributed by atoms with Crippen LogP contribution < -0.4 is 0 Å². The lowest BCUT2D eigenvalue weighted by atomic mass is 9.91. The molecule has 0 aliphatic carbocycles. The van der Waals surface area contributed by atoms with Crippen molar-refractivity contribution in [3.05, 3.63) is 23.8 Å². The van der Waals surface area contributed by atoms with Crippen molar-refractivity contribution in [3.63, 3.8) is 0 Å². The number of hydrogen-bond donors (Lipinski definition) is 1. The third kappa shape index (κ3) is 4.81. The first-order valence-corrected chi connectivity index (χ1v) is 10.4. The van der Waals surface area contributed by atoms with Gasteiger partial charge in [-0.1, -0.05) is 7.43 Å². The second-order valence-electron chi connectivity index (χ2n) is 6.08. The van der Waals surface area contributed by atoms with E-state index < -0.39 is 31.7 Å². The summed E-state index contributed by atoms with van der Waals surface area (Å²) >= 11 is -1.61. The first-order valence-electron chi connectivity index (χ1n) is 7.37. The first-order chi connectivity index (χ1) is 11.0. The third-order valence-electron chi connectivity index (χ3n) is 4.15. The first kappa shape index (κ1) is 22.1. The molecule has 0 saturated carbocycles. The van der Waals surface area contributed by atoms with Gasteiger partial charge in [0.2, 0.25) is 0 Å². The lowest BCUT2D eigenvalue weighted by molar-refractivity contribution is -0.00431. The minimum atomic E-state index is -4.58. The number of hydrogen-bond acceptors (Lipinski definition) is 6. The van der Waals surface area contributed by atoms with E-state index in [9.17, 15) is 22.3 Å². The highest BCUT2D eigenvalue weighted by molar-refractivity contribution is 7.92. The maximum absolute atomic E-state index is 12.9. The van der Waals surface area contributed by atoms with E-state index in [4.69, 9.17) is 4.74 Å². The molecule has 1 unspecified atom stereocenters. The maximum atomic E-state index is 12.9. The van der Waals surface area contributed by atoms with Crippen LogP contribution in [0.1, 0.15) is 31.6 Å². The SMILES string of the molecule is C.C[S+]([O-])c1ccc(C(=O)C(C)(C)N2CCOCC2)cc1S(=O)(=O)O. The molecule has 1 atom stereocenters. The van der Waals surface area contributed by atoms with Gasteiger partial charge in [-0.25, -0.2) is 0 Å². The van der Waals surface area contributed by atoms with E-state index in [0.29, 0.717) is 26.3 Å². The number of ether oxygens (including phenoxy) is 1. The van der Waals surface area contributed by atoms with E-state index in [2.05, 4.69) is 0 Å². The zero-order chi connectivity index (χ0) is 18.1. The zero-order valence-electron chi connectivity index (χ0n) is 13.8. The van der Waals surface area contributed by atoms with Crippen LogP contribution in [-0.2, 0) is 26.0 Å². The van der Waals surface area contributed by atoms with Gasteiger partial charge in [0.1, 0.15) is 11.2 Å². The number of Topliss-reactive ketones (excluding diaryl/α,β-unsaturated/α-hetero) is 1. The Morgan fingerprint density at radius 2 is 1.88 bits per heavy atom. The molecule has 0 radical (unpaired) electrons. The van der Waals surface area contributed by atoms with E-state index in [0.717, 1.165) is 6.07 Å². The van der Waals surface area contributed by atoms with Crippen LogP contribution in [0, 0.1) is 0 Å². The fourth-order valence-electron chi connectivity index (χ4n) is 2.71. The van der Waals surface area contributed by atoms with Crippen molar-refractivity contribution in [2.75, 3.05) is 32.6 Å². The fraction of sp³-hybridized carbons (Fsp3) is 0.562. The molecule has 0 amide bonds. The normalized spacial score (nSPS) is 17.6. The number of nitrogens with zero attached hydrogens (tertiary/aromatic N) is 1. The van der Waals surface area contributed by atoms with Crippen LogP contribution >= 0.6 is 0 Å². The number of carbonyl (C=O) groups excluding carboxylic acids is 1. The molecule has 1 aliphatic rings. The van der Waals surface area contributed by atoms with Crippen molar-refractivity contribution in [2.45, 2.75) is 36.6 Å². The number of rotatable bonds is 5. The van der Waals surface area contributed by atoms with Crippen molar-refractivity contribution in [2.24, 2.45) is 0 Å². The standard InChI is InChI=1S/C15H21NO6S2.CH4/c1-15(2,16-6-8-22-9-7-16)14(17)11-4-5-12(23(3)18)13(10-11)24(19,20)21;/h4-5,10H,6-9H2,1-3H3,(H,19,20,21);1H4. The molecular formula is C16H25NO6S2. The van der Waals surface area contributed by atoms with E-state index in [1.807, 2.05) is 4.90 Å². The van der Waals surface area contributed by atoms with Crippen molar-refractivity contribution in [3.8, 4) is 0 Å². The van der Waals surface area contributed by atoms with Gasteiger partial charge in [0.25, 0.3) is 10.1 Å². The van der Waals surface area contributed by atoms with Gasteiger partial charge in [-0.2, -0.15) is 8.42 Å². The van der Waals surface area contributed by atoms with Crippen molar-refractivity contribution in [1.29, 1.82) is 0 Å². The predicted molar refractivity (Wildman–Crippen MR) is 96.1 cm³/mol. The molecule has 9 heteroatoms. The summed E-state index contributed by atoms with van der Waals surface area (Å²) < 4.78 is 49.5. The molecule has 0 aromatic heterocycles. The summed E-state index contributed by atoms with van der Waals surface area (Å²) in [4.78, 5) is 14.3. The molecule has 142 valence electrons. The number of carbonyl (C=O) groups is 1. The second-order valence-corrected chi connectivity index (χ2v) is 8.82. The smallest absolute Gasteiger partial charge is 0.299 e. The van der Waals surface area contributed by atoms with Crippen LogP contribution in [0.3, 0.4) is 0 Å². The highest BCUT2D eigenvalue weighted by Crippen LogP contribution is 2.27. The average molecular weight is 392 g/mol. The van der Waals surface area contributed by atoms with Gasteiger partial charge in [-0.05, 0) is 43.2 Å². The minimum Gasteiger partial charge on any atom is -0.612 e. The molecule has 1 aliphatic heterocycles. The maximum Gasteiger partial charge on any atom is 0.299 e. The number of benzene rings is 1. The Morgan fingerprint density at radius 1 is 1.32 bits per heavy atom. The molecule has 1 aromatic carbocycles. The second kappa shape index (κ2) is 8.15. The molecular weight excluding hydrogens is 366 g/mol. The van der Waals surface area contributed by atoms with Crippen molar-refractivity contribution in [1.82, 2.24) is 4.90 Å².